The Bertz CT molecular complexity index is 411. The highest BCUT2D eigenvalue weighted by molar-refractivity contribution is 5.92. The minimum Gasteiger partial charge on any atom is -0.496 e. The number of para-hydroxylation sites is 1. The predicted molar refractivity (Wildman–Crippen MR) is 74.5 cm³/mol. The molecule has 18 heavy (non-hydrogen) atoms. The number of nitrogens with one attached hydrogen (secondary N) is 1. The summed E-state index contributed by atoms with van der Waals surface area (Å²) in [6.45, 7) is 4.99. The maximum Gasteiger partial charge on any atom is 0.244 e. The van der Waals surface area contributed by atoms with Crippen LogP contribution in [0.15, 0.2) is 30.3 Å². The third-order valence-electron chi connectivity index (χ3n) is 2.57. The molecule has 1 aromatic carbocycles. The fourth-order valence-electron chi connectivity index (χ4n) is 1.51. The highest BCUT2D eigenvalue weighted by atomic mass is 16.5. The van der Waals surface area contributed by atoms with Gasteiger partial charge in [0, 0.05) is 18.2 Å². The summed E-state index contributed by atoms with van der Waals surface area (Å²) < 4.78 is 5.21. The molecule has 0 spiro atoms. The predicted octanol–water partition coefficient (Wildman–Crippen LogP) is 2.87. The van der Waals surface area contributed by atoms with Crippen molar-refractivity contribution in [3.05, 3.63) is 35.9 Å². The van der Waals surface area contributed by atoms with Gasteiger partial charge in [0.15, 0.2) is 0 Å². The highest BCUT2D eigenvalue weighted by Crippen LogP contribution is 2.18. The molecule has 0 atom stereocenters. The van der Waals surface area contributed by atoms with Gasteiger partial charge in [-0.2, -0.15) is 0 Å². The smallest absolute Gasteiger partial charge is 0.244 e. The SMILES string of the molecule is COc1ccccc1/C=C/C(=O)NCCC(C)C. The number of hydrogen-bond acceptors (Lipinski definition) is 2. The summed E-state index contributed by atoms with van der Waals surface area (Å²) in [5, 5.41) is 2.86. The molecule has 0 fully saturated rings. The molecule has 0 heterocycles. The van der Waals surface area contributed by atoms with Crippen molar-refractivity contribution >= 4 is 12.0 Å². The van der Waals surface area contributed by atoms with E-state index in [0.717, 1.165) is 17.7 Å². The minimum absolute atomic E-state index is 0.0680. The second-order valence-electron chi connectivity index (χ2n) is 4.55. The Labute approximate surface area is 109 Å². The molecule has 0 aliphatic rings. The van der Waals surface area contributed by atoms with Crippen molar-refractivity contribution in [2.75, 3.05) is 13.7 Å². The molecule has 1 amide bonds. The van der Waals surface area contributed by atoms with E-state index >= 15 is 0 Å². The van der Waals surface area contributed by atoms with Gasteiger partial charge in [-0.3, -0.25) is 4.79 Å². The van der Waals surface area contributed by atoms with Crippen molar-refractivity contribution in [3.8, 4) is 5.75 Å². The Morgan fingerprint density at radius 2 is 2.11 bits per heavy atom. The third kappa shape index (κ3) is 5.04. The average molecular weight is 247 g/mol. The van der Waals surface area contributed by atoms with E-state index in [2.05, 4.69) is 19.2 Å². The summed E-state index contributed by atoms with van der Waals surface area (Å²) in [7, 11) is 1.62. The van der Waals surface area contributed by atoms with Gasteiger partial charge in [-0.05, 0) is 24.5 Å². The van der Waals surface area contributed by atoms with Crippen LogP contribution in [-0.2, 0) is 4.79 Å². The lowest BCUT2D eigenvalue weighted by Gasteiger charge is -2.05. The Morgan fingerprint density at radius 3 is 2.78 bits per heavy atom. The monoisotopic (exact) mass is 247 g/mol. The van der Waals surface area contributed by atoms with E-state index in [-0.39, 0.29) is 5.91 Å². The van der Waals surface area contributed by atoms with Crippen molar-refractivity contribution in [1.29, 1.82) is 0 Å². The highest BCUT2D eigenvalue weighted by Gasteiger charge is 1.99. The van der Waals surface area contributed by atoms with Crippen LogP contribution in [0.25, 0.3) is 6.08 Å². The molecular weight excluding hydrogens is 226 g/mol. The van der Waals surface area contributed by atoms with Crippen LogP contribution in [0.4, 0.5) is 0 Å². The van der Waals surface area contributed by atoms with Gasteiger partial charge >= 0.3 is 0 Å². The number of methoxy groups -OCH3 is 1. The normalized spacial score (nSPS) is 10.9. The van der Waals surface area contributed by atoms with Crippen LogP contribution in [0.3, 0.4) is 0 Å². The zero-order chi connectivity index (χ0) is 13.4. The molecule has 0 aromatic heterocycles. The maximum absolute atomic E-state index is 11.6. The van der Waals surface area contributed by atoms with Crippen LogP contribution < -0.4 is 10.1 Å². The van der Waals surface area contributed by atoms with E-state index in [4.69, 9.17) is 4.74 Å². The van der Waals surface area contributed by atoms with Gasteiger partial charge in [0.1, 0.15) is 5.75 Å². The fourth-order valence-corrected chi connectivity index (χ4v) is 1.51. The molecule has 3 heteroatoms. The molecule has 0 aliphatic heterocycles. The van der Waals surface area contributed by atoms with Crippen molar-refractivity contribution in [1.82, 2.24) is 5.32 Å². The Kier molecular flexibility index (Phi) is 5.98. The van der Waals surface area contributed by atoms with E-state index in [9.17, 15) is 4.79 Å². The van der Waals surface area contributed by atoms with E-state index in [1.807, 2.05) is 24.3 Å². The Balaban J connectivity index is 2.50. The van der Waals surface area contributed by atoms with Crippen molar-refractivity contribution in [3.63, 3.8) is 0 Å². The van der Waals surface area contributed by atoms with Gasteiger partial charge in [0.25, 0.3) is 0 Å². The van der Waals surface area contributed by atoms with E-state index in [1.54, 1.807) is 13.2 Å². The van der Waals surface area contributed by atoms with Crippen LogP contribution in [0.5, 0.6) is 5.75 Å². The van der Waals surface area contributed by atoms with Crippen LogP contribution >= 0.6 is 0 Å². The molecule has 0 bridgehead atoms. The lowest BCUT2D eigenvalue weighted by Crippen LogP contribution is -2.23. The molecule has 3 nitrogen and oxygen atoms in total. The summed E-state index contributed by atoms with van der Waals surface area (Å²) in [5.74, 6) is 1.30. The van der Waals surface area contributed by atoms with Gasteiger partial charge in [-0.1, -0.05) is 32.0 Å². The largest absolute Gasteiger partial charge is 0.496 e. The zero-order valence-electron chi connectivity index (χ0n) is 11.3. The van der Waals surface area contributed by atoms with Crippen molar-refractivity contribution in [2.45, 2.75) is 20.3 Å². The number of rotatable bonds is 6. The molecule has 0 radical (unpaired) electrons. The first-order valence-corrected chi connectivity index (χ1v) is 6.22. The van der Waals surface area contributed by atoms with Crippen LogP contribution in [0.2, 0.25) is 0 Å². The molecule has 0 unspecified atom stereocenters. The first kappa shape index (κ1) is 14.3. The number of benzene rings is 1. The second kappa shape index (κ2) is 7.54. The number of carbonyl (C=O) groups excluding carboxylic acids is 1. The number of hydrogen-bond donors (Lipinski definition) is 1. The minimum atomic E-state index is -0.0680. The van der Waals surface area contributed by atoms with E-state index in [1.165, 1.54) is 6.08 Å². The summed E-state index contributed by atoms with van der Waals surface area (Å²) in [6.07, 6.45) is 4.30. The topological polar surface area (TPSA) is 38.3 Å². The first-order valence-electron chi connectivity index (χ1n) is 6.22. The fraction of sp³-hybridized carbons (Fsp3) is 0.400. The molecule has 0 saturated carbocycles. The molecule has 1 rings (SSSR count). The standard InChI is InChI=1S/C15H21NO2/c1-12(2)10-11-16-15(17)9-8-13-6-4-5-7-14(13)18-3/h4-9,12H,10-11H2,1-3H3,(H,16,17)/b9-8+. The molecule has 0 aliphatic carbocycles. The number of carbonyl (C=O) groups is 1. The average Bonchev–Trinajstić information content (AvgIpc) is 2.36. The van der Waals surface area contributed by atoms with Crippen LogP contribution in [0.1, 0.15) is 25.8 Å². The summed E-state index contributed by atoms with van der Waals surface area (Å²) in [4.78, 5) is 11.6. The van der Waals surface area contributed by atoms with Crippen molar-refractivity contribution < 1.29 is 9.53 Å². The number of ether oxygens (including phenoxy) is 1. The Hall–Kier alpha value is -1.77. The molecule has 1 N–H and O–H groups in total. The first-order chi connectivity index (χ1) is 8.63. The molecule has 98 valence electrons. The van der Waals surface area contributed by atoms with Gasteiger partial charge in [0.2, 0.25) is 5.91 Å². The van der Waals surface area contributed by atoms with E-state index < -0.39 is 0 Å². The van der Waals surface area contributed by atoms with Gasteiger partial charge in [-0.15, -0.1) is 0 Å². The molecular formula is C15H21NO2. The number of amides is 1. The quantitative estimate of drug-likeness (QED) is 0.785. The maximum atomic E-state index is 11.6. The summed E-state index contributed by atoms with van der Waals surface area (Å²) in [6, 6.07) is 7.60. The van der Waals surface area contributed by atoms with Gasteiger partial charge in [0.05, 0.1) is 7.11 Å². The Morgan fingerprint density at radius 1 is 1.39 bits per heavy atom. The van der Waals surface area contributed by atoms with Gasteiger partial charge < -0.3 is 10.1 Å². The summed E-state index contributed by atoms with van der Waals surface area (Å²) in [5.41, 5.74) is 0.902. The third-order valence-corrected chi connectivity index (χ3v) is 2.57. The lowest BCUT2D eigenvalue weighted by atomic mass is 10.1. The van der Waals surface area contributed by atoms with E-state index in [0.29, 0.717) is 12.5 Å². The van der Waals surface area contributed by atoms with Crippen LogP contribution in [0, 0.1) is 5.92 Å². The second-order valence-corrected chi connectivity index (χ2v) is 4.55. The van der Waals surface area contributed by atoms with Gasteiger partial charge in [-0.25, -0.2) is 0 Å². The van der Waals surface area contributed by atoms with Crippen molar-refractivity contribution in [2.24, 2.45) is 5.92 Å². The lowest BCUT2D eigenvalue weighted by molar-refractivity contribution is -0.116. The molecule has 0 saturated heterocycles. The molecule has 1 aromatic rings. The zero-order valence-corrected chi connectivity index (χ0v) is 11.3. The van der Waals surface area contributed by atoms with Crippen LogP contribution in [-0.4, -0.2) is 19.6 Å². The summed E-state index contributed by atoms with van der Waals surface area (Å²) >= 11 is 0.